The molecule has 0 bridgehead atoms. The van der Waals surface area contributed by atoms with Crippen LogP contribution in [0.1, 0.15) is 37.8 Å². The minimum Gasteiger partial charge on any atom is -0.480 e. The third-order valence-electron chi connectivity index (χ3n) is 3.82. The van der Waals surface area contributed by atoms with Crippen LogP contribution in [0.4, 0.5) is 0 Å². The summed E-state index contributed by atoms with van der Waals surface area (Å²) >= 11 is 0. The number of nitrogens with zero attached hydrogens (tertiary/aromatic N) is 1. The molecule has 22 heavy (non-hydrogen) atoms. The monoisotopic (exact) mass is 304 g/mol. The summed E-state index contributed by atoms with van der Waals surface area (Å²) in [7, 11) is 0. The van der Waals surface area contributed by atoms with Crippen molar-refractivity contribution in [2.45, 2.75) is 38.3 Å². The molecule has 6 heteroatoms. The Hall–Kier alpha value is -2.37. The second kappa shape index (κ2) is 7.06. The summed E-state index contributed by atoms with van der Waals surface area (Å²) in [6, 6.07) is 8.02. The number of carbonyl (C=O) groups is 3. The molecule has 1 fully saturated rings. The average Bonchev–Trinajstić information content (AvgIpc) is 2.96. The largest absolute Gasteiger partial charge is 0.480 e. The molecular weight excluding hydrogens is 284 g/mol. The predicted molar refractivity (Wildman–Crippen MR) is 80.0 cm³/mol. The summed E-state index contributed by atoms with van der Waals surface area (Å²) in [4.78, 5) is 36.4. The van der Waals surface area contributed by atoms with Crippen molar-refractivity contribution in [1.29, 1.82) is 0 Å². The highest BCUT2D eigenvalue weighted by Gasteiger charge is 2.34. The Morgan fingerprint density at radius 2 is 2.00 bits per heavy atom. The van der Waals surface area contributed by atoms with E-state index in [0.717, 1.165) is 5.56 Å². The summed E-state index contributed by atoms with van der Waals surface area (Å²) in [6.07, 6.45) is 1.24. The first kappa shape index (κ1) is 16.0. The lowest BCUT2D eigenvalue weighted by atomic mass is 10.0. The molecule has 2 N–H and O–H groups in total. The number of benzene rings is 1. The van der Waals surface area contributed by atoms with Gasteiger partial charge in [-0.1, -0.05) is 30.3 Å². The molecule has 1 aliphatic rings. The highest BCUT2D eigenvalue weighted by atomic mass is 16.4. The number of amides is 2. The lowest BCUT2D eigenvalue weighted by Crippen LogP contribution is -2.42. The Labute approximate surface area is 129 Å². The third kappa shape index (κ3) is 3.84. The van der Waals surface area contributed by atoms with Crippen LogP contribution in [0.3, 0.4) is 0 Å². The molecule has 2 amide bonds. The quantitative estimate of drug-likeness (QED) is 0.859. The molecule has 6 nitrogen and oxygen atoms in total. The van der Waals surface area contributed by atoms with Gasteiger partial charge in [-0.3, -0.25) is 9.59 Å². The Kier molecular flexibility index (Phi) is 5.14. The van der Waals surface area contributed by atoms with Gasteiger partial charge in [-0.25, -0.2) is 4.79 Å². The number of likely N-dealkylation sites (tertiary alicyclic amines) is 1. The highest BCUT2D eigenvalue weighted by Crippen LogP contribution is 2.23. The van der Waals surface area contributed by atoms with Crippen molar-refractivity contribution >= 4 is 17.8 Å². The van der Waals surface area contributed by atoms with E-state index in [9.17, 15) is 14.4 Å². The third-order valence-corrected chi connectivity index (χ3v) is 3.82. The Morgan fingerprint density at radius 1 is 1.32 bits per heavy atom. The highest BCUT2D eigenvalue weighted by molar-refractivity contribution is 5.85. The molecule has 0 unspecified atom stereocenters. The van der Waals surface area contributed by atoms with Crippen LogP contribution >= 0.6 is 0 Å². The molecule has 0 spiro atoms. The van der Waals surface area contributed by atoms with Crippen LogP contribution in [-0.2, 0) is 14.4 Å². The van der Waals surface area contributed by atoms with E-state index in [1.807, 2.05) is 30.3 Å². The van der Waals surface area contributed by atoms with Crippen LogP contribution in [0.2, 0.25) is 0 Å². The van der Waals surface area contributed by atoms with E-state index in [1.54, 1.807) is 0 Å². The van der Waals surface area contributed by atoms with Gasteiger partial charge in [0.25, 0.3) is 0 Å². The minimum absolute atomic E-state index is 0.0629. The first-order chi connectivity index (χ1) is 10.5. The number of rotatable bonds is 5. The fourth-order valence-corrected chi connectivity index (χ4v) is 2.80. The van der Waals surface area contributed by atoms with Crippen LogP contribution in [0.15, 0.2) is 30.3 Å². The predicted octanol–water partition coefficient (Wildman–Crippen LogP) is 1.33. The molecular formula is C16H20N2O4. The average molecular weight is 304 g/mol. The molecule has 2 rings (SSSR count). The van der Waals surface area contributed by atoms with Gasteiger partial charge in [-0.2, -0.15) is 0 Å². The molecule has 118 valence electrons. The maximum Gasteiger partial charge on any atom is 0.326 e. The van der Waals surface area contributed by atoms with E-state index in [2.05, 4.69) is 5.32 Å². The fraction of sp³-hybridized carbons (Fsp3) is 0.438. The molecule has 1 heterocycles. The first-order valence-electron chi connectivity index (χ1n) is 7.33. The number of hydrogen-bond donors (Lipinski definition) is 2. The van der Waals surface area contributed by atoms with Gasteiger partial charge in [-0.05, 0) is 18.4 Å². The lowest BCUT2D eigenvalue weighted by Gasteiger charge is -2.25. The van der Waals surface area contributed by atoms with Crippen LogP contribution in [0.5, 0.6) is 0 Å². The summed E-state index contributed by atoms with van der Waals surface area (Å²) in [6.45, 7) is 1.85. The van der Waals surface area contributed by atoms with Crippen molar-refractivity contribution in [2.75, 3.05) is 6.54 Å². The second-order valence-electron chi connectivity index (χ2n) is 5.45. The zero-order chi connectivity index (χ0) is 16.1. The normalized spacial score (nSPS) is 18.8. The van der Waals surface area contributed by atoms with Gasteiger partial charge in [0.2, 0.25) is 11.8 Å². The van der Waals surface area contributed by atoms with Gasteiger partial charge < -0.3 is 15.3 Å². The molecule has 1 saturated heterocycles. The van der Waals surface area contributed by atoms with Gasteiger partial charge in [0, 0.05) is 13.5 Å². The van der Waals surface area contributed by atoms with E-state index < -0.39 is 18.1 Å². The van der Waals surface area contributed by atoms with Crippen molar-refractivity contribution in [3.05, 3.63) is 35.9 Å². The molecule has 0 aliphatic carbocycles. The summed E-state index contributed by atoms with van der Waals surface area (Å²) in [5.74, 6) is -1.44. The van der Waals surface area contributed by atoms with Gasteiger partial charge in [0.1, 0.15) is 6.04 Å². The Bertz CT molecular complexity index is 559. The summed E-state index contributed by atoms with van der Waals surface area (Å²) in [5, 5.41) is 11.9. The maximum atomic E-state index is 12.4. The zero-order valence-corrected chi connectivity index (χ0v) is 12.5. The van der Waals surface area contributed by atoms with E-state index in [0.29, 0.717) is 19.4 Å². The standard InChI is InChI=1S/C16H20N2O4/c1-11(19)17-13(12-6-3-2-4-7-12)10-15(20)18-9-5-8-14(18)16(21)22/h2-4,6-7,13-14H,5,8-10H2,1H3,(H,17,19)(H,21,22)/t13-,14+/m1/s1. The van der Waals surface area contributed by atoms with Crippen LogP contribution in [0.25, 0.3) is 0 Å². The molecule has 1 aromatic carbocycles. The molecule has 1 aliphatic heterocycles. The zero-order valence-electron chi connectivity index (χ0n) is 12.5. The second-order valence-corrected chi connectivity index (χ2v) is 5.45. The smallest absolute Gasteiger partial charge is 0.326 e. The van der Waals surface area contributed by atoms with Gasteiger partial charge in [0.05, 0.1) is 12.5 Å². The summed E-state index contributed by atoms with van der Waals surface area (Å²) < 4.78 is 0. The van der Waals surface area contributed by atoms with E-state index in [1.165, 1.54) is 11.8 Å². The molecule has 0 radical (unpaired) electrons. The Balaban J connectivity index is 2.11. The van der Waals surface area contributed by atoms with Crippen LogP contribution in [0, 0.1) is 0 Å². The van der Waals surface area contributed by atoms with Crippen molar-refractivity contribution in [3.8, 4) is 0 Å². The molecule has 2 atom stereocenters. The van der Waals surface area contributed by atoms with E-state index in [-0.39, 0.29) is 18.2 Å². The van der Waals surface area contributed by atoms with Crippen molar-refractivity contribution in [1.82, 2.24) is 10.2 Å². The molecule has 0 aromatic heterocycles. The number of hydrogen-bond acceptors (Lipinski definition) is 3. The fourth-order valence-electron chi connectivity index (χ4n) is 2.80. The van der Waals surface area contributed by atoms with Crippen LogP contribution < -0.4 is 5.32 Å². The topological polar surface area (TPSA) is 86.7 Å². The SMILES string of the molecule is CC(=O)N[C@H](CC(=O)N1CCC[C@H]1C(=O)O)c1ccccc1. The van der Waals surface area contributed by atoms with Crippen molar-refractivity contribution < 1.29 is 19.5 Å². The number of carboxylic acid groups (broad SMARTS) is 1. The number of aliphatic carboxylic acids is 1. The number of carbonyl (C=O) groups excluding carboxylic acids is 2. The number of carboxylic acids is 1. The van der Waals surface area contributed by atoms with Gasteiger partial charge in [-0.15, -0.1) is 0 Å². The molecule has 0 saturated carbocycles. The minimum atomic E-state index is -0.971. The maximum absolute atomic E-state index is 12.4. The van der Waals surface area contributed by atoms with Crippen molar-refractivity contribution in [3.63, 3.8) is 0 Å². The van der Waals surface area contributed by atoms with Gasteiger partial charge in [0.15, 0.2) is 0 Å². The Morgan fingerprint density at radius 3 is 2.59 bits per heavy atom. The van der Waals surface area contributed by atoms with Crippen molar-refractivity contribution in [2.24, 2.45) is 0 Å². The summed E-state index contributed by atoms with van der Waals surface area (Å²) in [5.41, 5.74) is 0.831. The van der Waals surface area contributed by atoms with Gasteiger partial charge >= 0.3 is 5.97 Å². The van der Waals surface area contributed by atoms with E-state index in [4.69, 9.17) is 5.11 Å². The lowest BCUT2D eigenvalue weighted by molar-refractivity contribution is -0.148. The van der Waals surface area contributed by atoms with Crippen LogP contribution in [-0.4, -0.2) is 40.4 Å². The molecule has 1 aromatic rings. The first-order valence-corrected chi connectivity index (χ1v) is 7.33. The van der Waals surface area contributed by atoms with E-state index >= 15 is 0 Å². The number of nitrogens with one attached hydrogen (secondary N) is 1.